The average Bonchev–Trinajstić information content (AvgIpc) is 3.19. The normalized spacial score (nSPS) is 14.8. The number of hydrogen-bond acceptors (Lipinski definition) is 6. The summed E-state index contributed by atoms with van der Waals surface area (Å²) in [6.45, 7) is 3.75. The third-order valence-corrected chi connectivity index (χ3v) is 4.93. The number of benzene rings is 1. The predicted molar refractivity (Wildman–Crippen MR) is 103 cm³/mol. The van der Waals surface area contributed by atoms with Crippen molar-refractivity contribution in [2.75, 3.05) is 19.7 Å². The summed E-state index contributed by atoms with van der Waals surface area (Å²) in [5, 5.41) is 3.81. The van der Waals surface area contributed by atoms with Gasteiger partial charge >= 0.3 is 0 Å². The molecule has 2 aromatic heterocycles. The standard InChI is InChI=1S/C21H22N4O3/c1-15-11-19(24-28-15)21(26)25-9-7-16(8-10-25)13-27-20-12-18(22-14-23-20)17-5-3-2-4-6-17/h2-6,11-12,14,16H,7-10,13H2,1H3. The van der Waals surface area contributed by atoms with Gasteiger partial charge in [0.2, 0.25) is 5.88 Å². The molecule has 4 rings (SSSR count). The summed E-state index contributed by atoms with van der Waals surface area (Å²) in [6, 6.07) is 13.5. The second kappa shape index (κ2) is 8.21. The van der Waals surface area contributed by atoms with Crippen molar-refractivity contribution in [1.82, 2.24) is 20.0 Å². The van der Waals surface area contributed by atoms with Gasteiger partial charge in [-0.05, 0) is 25.7 Å². The summed E-state index contributed by atoms with van der Waals surface area (Å²) in [4.78, 5) is 22.8. The lowest BCUT2D eigenvalue weighted by molar-refractivity contribution is 0.0649. The summed E-state index contributed by atoms with van der Waals surface area (Å²) in [6.07, 6.45) is 3.30. The van der Waals surface area contributed by atoms with E-state index in [1.54, 1.807) is 13.0 Å². The maximum Gasteiger partial charge on any atom is 0.276 e. The quantitative estimate of drug-likeness (QED) is 0.677. The minimum Gasteiger partial charge on any atom is -0.477 e. The van der Waals surface area contributed by atoms with Crippen LogP contribution in [-0.4, -0.2) is 45.6 Å². The molecule has 0 unspecified atom stereocenters. The Morgan fingerprint density at radius 2 is 1.96 bits per heavy atom. The van der Waals surface area contributed by atoms with Crippen LogP contribution in [0.15, 0.2) is 53.3 Å². The van der Waals surface area contributed by atoms with E-state index < -0.39 is 0 Å². The van der Waals surface area contributed by atoms with E-state index >= 15 is 0 Å². The molecule has 0 saturated carbocycles. The summed E-state index contributed by atoms with van der Waals surface area (Å²) in [5.74, 6) is 1.54. The van der Waals surface area contributed by atoms with E-state index in [4.69, 9.17) is 9.26 Å². The number of aromatic nitrogens is 3. The Labute approximate surface area is 163 Å². The number of carbonyl (C=O) groups is 1. The summed E-state index contributed by atoms with van der Waals surface area (Å²) < 4.78 is 10.9. The van der Waals surface area contributed by atoms with E-state index in [9.17, 15) is 4.79 Å². The third-order valence-electron chi connectivity index (χ3n) is 4.93. The van der Waals surface area contributed by atoms with Crippen LogP contribution in [-0.2, 0) is 0 Å². The van der Waals surface area contributed by atoms with E-state index in [-0.39, 0.29) is 5.91 Å². The highest BCUT2D eigenvalue weighted by atomic mass is 16.5. The minimum atomic E-state index is -0.0699. The van der Waals surface area contributed by atoms with Crippen molar-refractivity contribution < 1.29 is 14.1 Å². The van der Waals surface area contributed by atoms with Crippen LogP contribution >= 0.6 is 0 Å². The Balaban J connectivity index is 1.29. The van der Waals surface area contributed by atoms with Gasteiger partial charge in [-0.1, -0.05) is 35.5 Å². The number of ether oxygens (including phenoxy) is 1. The minimum absolute atomic E-state index is 0.0699. The smallest absolute Gasteiger partial charge is 0.276 e. The van der Waals surface area contributed by atoms with E-state index in [0.717, 1.165) is 24.1 Å². The lowest BCUT2D eigenvalue weighted by Gasteiger charge is -2.31. The molecule has 28 heavy (non-hydrogen) atoms. The summed E-state index contributed by atoms with van der Waals surface area (Å²) in [7, 11) is 0. The lowest BCUT2D eigenvalue weighted by atomic mass is 9.97. The lowest BCUT2D eigenvalue weighted by Crippen LogP contribution is -2.39. The fourth-order valence-corrected chi connectivity index (χ4v) is 3.32. The van der Waals surface area contributed by atoms with Gasteiger partial charge in [0.05, 0.1) is 12.3 Å². The highest BCUT2D eigenvalue weighted by Gasteiger charge is 2.25. The zero-order valence-electron chi connectivity index (χ0n) is 15.7. The Morgan fingerprint density at radius 1 is 1.18 bits per heavy atom. The van der Waals surface area contributed by atoms with Gasteiger partial charge in [0, 0.05) is 30.8 Å². The van der Waals surface area contributed by atoms with Gasteiger partial charge in [-0.2, -0.15) is 0 Å². The first-order chi connectivity index (χ1) is 13.7. The number of rotatable bonds is 5. The van der Waals surface area contributed by atoms with Crippen LogP contribution in [0, 0.1) is 12.8 Å². The van der Waals surface area contributed by atoms with E-state index in [1.165, 1.54) is 6.33 Å². The molecule has 7 heteroatoms. The number of carbonyl (C=O) groups excluding carboxylic acids is 1. The largest absolute Gasteiger partial charge is 0.477 e. The molecule has 0 bridgehead atoms. The molecule has 3 aromatic rings. The van der Waals surface area contributed by atoms with Gasteiger partial charge in [0.15, 0.2) is 5.69 Å². The molecule has 1 aromatic carbocycles. The Hall–Kier alpha value is -3.22. The molecule has 1 fully saturated rings. The molecule has 1 aliphatic heterocycles. The predicted octanol–water partition coefficient (Wildman–Crippen LogP) is 3.37. The second-order valence-corrected chi connectivity index (χ2v) is 6.98. The van der Waals surface area contributed by atoms with E-state index in [2.05, 4.69) is 15.1 Å². The van der Waals surface area contributed by atoms with Crippen molar-refractivity contribution in [3.05, 3.63) is 60.2 Å². The van der Waals surface area contributed by atoms with E-state index in [1.807, 2.05) is 41.3 Å². The van der Waals surface area contributed by atoms with Crippen molar-refractivity contribution >= 4 is 5.91 Å². The van der Waals surface area contributed by atoms with Crippen molar-refractivity contribution in [3.8, 4) is 17.1 Å². The molecule has 1 aliphatic rings. The fraction of sp³-hybridized carbons (Fsp3) is 0.333. The molecule has 1 amide bonds. The fourth-order valence-electron chi connectivity index (χ4n) is 3.32. The molecule has 144 valence electrons. The van der Waals surface area contributed by atoms with Crippen LogP contribution in [0.2, 0.25) is 0 Å². The summed E-state index contributed by atoms with van der Waals surface area (Å²) >= 11 is 0. The van der Waals surface area contributed by atoms with E-state index in [0.29, 0.717) is 42.9 Å². The molecular weight excluding hydrogens is 356 g/mol. The first-order valence-electron chi connectivity index (χ1n) is 9.42. The Kier molecular flexibility index (Phi) is 5.32. The van der Waals surface area contributed by atoms with Gasteiger partial charge < -0.3 is 14.2 Å². The highest BCUT2D eigenvalue weighted by Crippen LogP contribution is 2.22. The van der Waals surface area contributed by atoms with Gasteiger partial charge in [-0.25, -0.2) is 9.97 Å². The molecule has 3 heterocycles. The average molecular weight is 378 g/mol. The first-order valence-corrected chi connectivity index (χ1v) is 9.42. The van der Waals surface area contributed by atoms with Crippen molar-refractivity contribution in [2.24, 2.45) is 5.92 Å². The van der Waals surface area contributed by atoms with Gasteiger partial charge in [-0.15, -0.1) is 0 Å². The number of hydrogen-bond donors (Lipinski definition) is 0. The molecule has 0 N–H and O–H groups in total. The van der Waals surface area contributed by atoms with Gasteiger partial charge in [-0.3, -0.25) is 4.79 Å². The zero-order valence-corrected chi connectivity index (χ0v) is 15.7. The molecule has 1 saturated heterocycles. The topological polar surface area (TPSA) is 81.4 Å². The molecule has 0 aliphatic carbocycles. The molecular formula is C21H22N4O3. The van der Waals surface area contributed by atoms with Crippen LogP contribution < -0.4 is 4.74 Å². The monoisotopic (exact) mass is 378 g/mol. The molecule has 7 nitrogen and oxygen atoms in total. The van der Waals surface area contributed by atoms with Crippen molar-refractivity contribution in [1.29, 1.82) is 0 Å². The number of nitrogens with zero attached hydrogens (tertiary/aromatic N) is 4. The van der Waals surface area contributed by atoms with Crippen LogP contribution in [0.1, 0.15) is 29.1 Å². The van der Waals surface area contributed by atoms with Gasteiger partial charge in [0.1, 0.15) is 12.1 Å². The molecule has 0 atom stereocenters. The van der Waals surface area contributed by atoms with Crippen molar-refractivity contribution in [2.45, 2.75) is 19.8 Å². The van der Waals surface area contributed by atoms with Gasteiger partial charge in [0.25, 0.3) is 5.91 Å². The molecule has 0 radical (unpaired) electrons. The second-order valence-electron chi connectivity index (χ2n) is 6.98. The Bertz CT molecular complexity index is 934. The number of piperidine rings is 1. The first kappa shape index (κ1) is 18.2. The third kappa shape index (κ3) is 4.19. The van der Waals surface area contributed by atoms with Crippen molar-refractivity contribution in [3.63, 3.8) is 0 Å². The zero-order chi connectivity index (χ0) is 19.3. The van der Waals surface area contributed by atoms with Crippen LogP contribution in [0.25, 0.3) is 11.3 Å². The highest BCUT2D eigenvalue weighted by molar-refractivity contribution is 5.92. The number of likely N-dealkylation sites (tertiary alicyclic amines) is 1. The van der Waals surface area contributed by atoms with Crippen LogP contribution in [0.4, 0.5) is 0 Å². The maximum atomic E-state index is 12.4. The van der Waals surface area contributed by atoms with Crippen LogP contribution in [0.5, 0.6) is 5.88 Å². The summed E-state index contributed by atoms with van der Waals surface area (Å²) in [5.41, 5.74) is 2.25. The van der Waals surface area contributed by atoms with Crippen LogP contribution in [0.3, 0.4) is 0 Å². The number of aryl methyl sites for hydroxylation is 1. The molecule has 0 spiro atoms. The Morgan fingerprint density at radius 3 is 2.68 bits per heavy atom. The SMILES string of the molecule is Cc1cc(C(=O)N2CCC(COc3cc(-c4ccccc4)ncn3)CC2)no1. The number of amides is 1. The maximum absolute atomic E-state index is 12.4.